The van der Waals surface area contributed by atoms with Crippen LogP contribution in [-0.2, 0) is 14.8 Å². The quantitative estimate of drug-likeness (QED) is 0.463. The number of fused-ring (bicyclic) bond motifs is 2. The van der Waals surface area contributed by atoms with E-state index in [4.69, 9.17) is 13.9 Å². The standard InChI is InChI=1S/C20H15FN4O6S2/c21-12-5-13-16(6-17(12)33(27,28)24-18-22-10-23-32-18)30-19(26)25(13)14-7-20(8-29-9-20)31-15-4-2-1-3-11(14)15/h1-6,10,14H,7-9H2,(H,22,23,24). The van der Waals surface area contributed by atoms with Gasteiger partial charge in [0.2, 0.25) is 5.13 Å². The van der Waals surface area contributed by atoms with Crippen LogP contribution in [0.3, 0.4) is 0 Å². The molecule has 1 fully saturated rings. The van der Waals surface area contributed by atoms with E-state index in [1.54, 1.807) is 6.07 Å². The number of oxazole rings is 1. The van der Waals surface area contributed by atoms with Crippen molar-refractivity contribution in [1.29, 1.82) is 0 Å². The smallest absolute Gasteiger partial charge is 0.420 e. The van der Waals surface area contributed by atoms with Gasteiger partial charge >= 0.3 is 5.76 Å². The Hall–Kier alpha value is -3.29. The summed E-state index contributed by atoms with van der Waals surface area (Å²) in [6.07, 6.45) is 1.59. The molecule has 0 saturated carbocycles. The first-order valence-corrected chi connectivity index (χ1v) is 12.1. The molecule has 2 aliphatic heterocycles. The van der Waals surface area contributed by atoms with Gasteiger partial charge < -0.3 is 13.9 Å². The minimum atomic E-state index is -4.32. The van der Waals surface area contributed by atoms with Crippen LogP contribution in [0.1, 0.15) is 18.0 Å². The topological polar surface area (TPSA) is 126 Å². The number of halogens is 1. The maximum atomic E-state index is 15.1. The Morgan fingerprint density at radius 2 is 2.06 bits per heavy atom. The molecule has 0 amide bonds. The maximum Gasteiger partial charge on any atom is 0.420 e. The average Bonchev–Trinajstić information content (AvgIpc) is 3.37. The molecule has 2 aliphatic rings. The molecule has 1 unspecified atom stereocenters. The van der Waals surface area contributed by atoms with Crippen LogP contribution >= 0.6 is 11.5 Å². The average molecular weight is 490 g/mol. The fraction of sp³-hybridized carbons (Fsp3) is 0.250. The van der Waals surface area contributed by atoms with Gasteiger partial charge in [-0.15, -0.1) is 0 Å². The second kappa shape index (κ2) is 7.10. The van der Waals surface area contributed by atoms with Crippen LogP contribution in [-0.4, -0.2) is 41.2 Å². The van der Waals surface area contributed by atoms with Gasteiger partial charge in [-0.2, -0.15) is 4.37 Å². The van der Waals surface area contributed by atoms with Crippen LogP contribution < -0.4 is 15.2 Å². The molecule has 2 aromatic heterocycles. The zero-order valence-electron chi connectivity index (χ0n) is 16.7. The SMILES string of the molecule is O=c1oc2cc(S(=O)(=O)Nc3ncns3)c(F)cc2n1C1CC2(COC2)Oc2ccccc21. The Kier molecular flexibility index (Phi) is 4.38. The summed E-state index contributed by atoms with van der Waals surface area (Å²) in [4.78, 5) is 16.0. The van der Waals surface area contributed by atoms with Gasteiger partial charge in [0, 0.05) is 35.6 Å². The molecule has 13 heteroatoms. The van der Waals surface area contributed by atoms with E-state index in [0.29, 0.717) is 25.4 Å². The molecular formula is C20H15FN4O6S2. The fourth-order valence-corrected chi connectivity index (χ4v) is 5.98. The number of hydrogen-bond donors (Lipinski definition) is 1. The molecule has 0 radical (unpaired) electrons. The molecular weight excluding hydrogens is 475 g/mol. The Balaban J connectivity index is 1.48. The van der Waals surface area contributed by atoms with E-state index in [2.05, 4.69) is 14.1 Å². The predicted octanol–water partition coefficient (Wildman–Crippen LogP) is 2.53. The number of ether oxygens (including phenoxy) is 2. The fourth-order valence-electron chi connectivity index (χ4n) is 4.25. The monoisotopic (exact) mass is 490 g/mol. The summed E-state index contributed by atoms with van der Waals surface area (Å²) in [5.74, 6) is -1.15. The highest BCUT2D eigenvalue weighted by atomic mass is 32.2. The molecule has 33 heavy (non-hydrogen) atoms. The molecule has 4 heterocycles. The summed E-state index contributed by atoms with van der Waals surface area (Å²) in [7, 11) is -4.32. The summed E-state index contributed by atoms with van der Waals surface area (Å²) >= 11 is 0.807. The molecule has 170 valence electrons. The minimum Gasteiger partial charge on any atom is -0.482 e. The van der Waals surface area contributed by atoms with Crippen LogP contribution in [0.4, 0.5) is 9.52 Å². The Bertz CT molecular complexity index is 1540. The molecule has 1 spiro atoms. The lowest BCUT2D eigenvalue weighted by molar-refractivity contribution is -0.174. The van der Waals surface area contributed by atoms with Crippen molar-refractivity contribution in [2.45, 2.75) is 23.0 Å². The lowest BCUT2D eigenvalue weighted by Crippen LogP contribution is -2.57. The van der Waals surface area contributed by atoms with Crippen molar-refractivity contribution in [1.82, 2.24) is 13.9 Å². The van der Waals surface area contributed by atoms with Crippen molar-refractivity contribution < 1.29 is 26.7 Å². The van der Waals surface area contributed by atoms with E-state index in [1.807, 2.05) is 18.2 Å². The van der Waals surface area contributed by atoms with Gasteiger partial charge in [0.1, 0.15) is 22.8 Å². The zero-order valence-corrected chi connectivity index (χ0v) is 18.4. The lowest BCUT2D eigenvalue weighted by Gasteiger charge is -2.47. The number of sulfonamides is 1. The Morgan fingerprint density at radius 1 is 1.24 bits per heavy atom. The van der Waals surface area contributed by atoms with Gasteiger partial charge in [-0.05, 0) is 6.07 Å². The second-order valence-electron chi connectivity index (χ2n) is 7.88. The van der Waals surface area contributed by atoms with Crippen molar-refractivity contribution >= 4 is 37.8 Å². The third kappa shape index (κ3) is 3.22. The van der Waals surface area contributed by atoms with E-state index >= 15 is 4.39 Å². The molecule has 1 saturated heterocycles. The van der Waals surface area contributed by atoms with Crippen molar-refractivity contribution in [2.75, 3.05) is 17.9 Å². The van der Waals surface area contributed by atoms with Crippen LogP contribution in [0.2, 0.25) is 0 Å². The van der Waals surface area contributed by atoms with E-state index in [9.17, 15) is 13.2 Å². The third-order valence-electron chi connectivity index (χ3n) is 5.75. The number of anilines is 1. The highest BCUT2D eigenvalue weighted by Gasteiger charge is 2.48. The summed E-state index contributed by atoms with van der Waals surface area (Å²) in [5.41, 5.74) is 0.247. The van der Waals surface area contributed by atoms with Crippen molar-refractivity contribution in [2.24, 2.45) is 0 Å². The van der Waals surface area contributed by atoms with Crippen LogP contribution in [0.5, 0.6) is 5.75 Å². The van der Waals surface area contributed by atoms with Crippen molar-refractivity contribution in [3.63, 3.8) is 0 Å². The molecule has 0 aliphatic carbocycles. The van der Waals surface area contributed by atoms with Gasteiger partial charge in [-0.3, -0.25) is 9.29 Å². The van der Waals surface area contributed by atoms with Gasteiger partial charge in [-0.25, -0.2) is 22.6 Å². The van der Waals surface area contributed by atoms with E-state index in [1.165, 1.54) is 10.9 Å². The first-order chi connectivity index (χ1) is 15.9. The molecule has 0 bridgehead atoms. The number of nitrogens with one attached hydrogen (secondary N) is 1. The third-order valence-corrected chi connectivity index (χ3v) is 7.81. The maximum absolute atomic E-state index is 15.1. The number of benzene rings is 2. The predicted molar refractivity (Wildman–Crippen MR) is 115 cm³/mol. The minimum absolute atomic E-state index is 0.0136. The molecule has 6 rings (SSSR count). The summed E-state index contributed by atoms with van der Waals surface area (Å²) < 4.78 is 64.5. The second-order valence-corrected chi connectivity index (χ2v) is 10.3. The van der Waals surface area contributed by atoms with Gasteiger partial charge in [0.15, 0.2) is 11.2 Å². The summed E-state index contributed by atoms with van der Waals surface area (Å²) in [6.45, 7) is 0.743. The normalized spacial score (nSPS) is 19.1. The number of nitrogens with zero attached hydrogens (tertiary/aromatic N) is 3. The first kappa shape index (κ1) is 20.3. The van der Waals surface area contributed by atoms with Crippen LogP contribution in [0, 0.1) is 5.82 Å². The first-order valence-electron chi connectivity index (χ1n) is 9.85. The molecule has 1 atom stereocenters. The Morgan fingerprint density at radius 3 is 2.79 bits per heavy atom. The molecule has 4 aromatic rings. The van der Waals surface area contributed by atoms with E-state index in [-0.39, 0.29) is 16.2 Å². The van der Waals surface area contributed by atoms with Gasteiger partial charge in [0.05, 0.1) is 24.8 Å². The Labute approximate surface area is 189 Å². The summed E-state index contributed by atoms with van der Waals surface area (Å²) in [6, 6.07) is 8.78. The highest BCUT2D eigenvalue weighted by molar-refractivity contribution is 7.93. The van der Waals surface area contributed by atoms with Gasteiger partial charge in [-0.1, -0.05) is 18.2 Å². The van der Waals surface area contributed by atoms with E-state index in [0.717, 1.165) is 29.2 Å². The van der Waals surface area contributed by atoms with Crippen LogP contribution in [0.15, 0.2) is 56.8 Å². The number of para-hydroxylation sites is 1. The summed E-state index contributed by atoms with van der Waals surface area (Å²) in [5, 5.41) is -0.0136. The van der Waals surface area contributed by atoms with E-state index < -0.39 is 38.1 Å². The number of aromatic nitrogens is 3. The van der Waals surface area contributed by atoms with Crippen LogP contribution in [0.25, 0.3) is 11.1 Å². The number of hydrogen-bond acceptors (Lipinski definition) is 9. The molecule has 10 nitrogen and oxygen atoms in total. The lowest BCUT2D eigenvalue weighted by atomic mass is 9.85. The highest BCUT2D eigenvalue weighted by Crippen LogP contribution is 2.45. The number of rotatable bonds is 4. The van der Waals surface area contributed by atoms with Crippen molar-refractivity contribution in [3.8, 4) is 5.75 Å². The largest absolute Gasteiger partial charge is 0.482 e. The molecule has 1 N–H and O–H groups in total. The molecule has 2 aromatic carbocycles. The van der Waals surface area contributed by atoms with Gasteiger partial charge in [0.25, 0.3) is 10.0 Å². The zero-order chi connectivity index (χ0) is 22.8. The van der Waals surface area contributed by atoms with Crippen molar-refractivity contribution in [3.05, 3.63) is 64.7 Å².